The third-order valence-electron chi connectivity index (χ3n) is 4.52. The molecule has 0 aliphatic rings. The van der Waals surface area contributed by atoms with E-state index < -0.39 is 0 Å². The van der Waals surface area contributed by atoms with E-state index in [2.05, 4.69) is 15.6 Å². The van der Waals surface area contributed by atoms with Crippen LogP contribution in [0.25, 0.3) is 10.9 Å². The third kappa shape index (κ3) is 7.08. The highest BCUT2D eigenvalue weighted by Gasteiger charge is 2.05. The van der Waals surface area contributed by atoms with Gasteiger partial charge in [-0.1, -0.05) is 24.6 Å². The second-order valence-corrected chi connectivity index (χ2v) is 8.00. The van der Waals surface area contributed by atoms with Gasteiger partial charge in [-0.3, -0.25) is 9.59 Å². The molecule has 0 radical (unpaired) electrons. The van der Waals surface area contributed by atoms with Gasteiger partial charge in [0, 0.05) is 28.9 Å². The number of unbranched alkanes of at least 4 members (excludes halogenated alkanes) is 2. The summed E-state index contributed by atoms with van der Waals surface area (Å²) in [6.45, 7) is 0.620. The van der Waals surface area contributed by atoms with Crippen molar-refractivity contribution < 1.29 is 9.59 Å². The zero-order valence-electron chi connectivity index (χ0n) is 16.8. The molecule has 4 N–H and O–H groups in total. The van der Waals surface area contributed by atoms with Crippen molar-refractivity contribution in [2.75, 3.05) is 23.3 Å². The first-order valence-electron chi connectivity index (χ1n) is 10.0. The number of thioether (sulfide) groups is 1. The maximum absolute atomic E-state index is 12.1. The minimum atomic E-state index is -0.0401. The molecule has 0 unspecified atom stereocenters. The number of hydrogen-bond donors (Lipinski definition) is 3. The summed E-state index contributed by atoms with van der Waals surface area (Å²) in [5.74, 6) is 0.925. The molecule has 3 aromatic rings. The molecule has 0 aliphatic carbocycles. The Bertz CT molecular complexity index is 992. The van der Waals surface area contributed by atoms with Crippen LogP contribution in [-0.2, 0) is 9.59 Å². The molecule has 6 nitrogen and oxygen atoms in total. The highest BCUT2D eigenvalue weighted by Crippen LogP contribution is 2.18. The largest absolute Gasteiger partial charge is 0.399 e. The Kier molecular flexibility index (Phi) is 8.09. The number of rotatable bonds is 10. The highest BCUT2D eigenvalue weighted by molar-refractivity contribution is 8.00. The number of para-hydroxylation sites is 1. The zero-order chi connectivity index (χ0) is 21.2. The van der Waals surface area contributed by atoms with Gasteiger partial charge in [0.15, 0.2) is 0 Å². The molecule has 1 aromatic heterocycles. The Hall–Kier alpha value is -3.06. The lowest BCUT2D eigenvalue weighted by Crippen LogP contribution is -2.26. The van der Waals surface area contributed by atoms with Gasteiger partial charge in [0.2, 0.25) is 11.8 Å². The fourth-order valence-corrected chi connectivity index (χ4v) is 3.65. The van der Waals surface area contributed by atoms with Crippen molar-refractivity contribution in [2.45, 2.75) is 30.6 Å². The Labute approximate surface area is 180 Å². The molecule has 0 spiro atoms. The average molecular weight is 423 g/mol. The Morgan fingerprint density at radius 1 is 0.900 bits per heavy atom. The summed E-state index contributed by atoms with van der Waals surface area (Å²) in [4.78, 5) is 29.5. The predicted octanol–water partition coefficient (Wildman–Crippen LogP) is 4.22. The molecule has 3 rings (SSSR count). The smallest absolute Gasteiger partial charge is 0.230 e. The van der Waals surface area contributed by atoms with E-state index >= 15 is 0 Å². The van der Waals surface area contributed by atoms with E-state index in [1.807, 2.05) is 60.7 Å². The molecule has 0 atom stereocenters. The molecule has 0 bridgehead atoms. The van der Waals surface area contributed by atoms with Crippen LogP contribution in [0.4, 0.5) is 11.5 Å². The summed E-state index contributed by atoms with van der Waals surface area (Å²) in [5, 5.41) is 6.81. The van der Waals surface area contributed by atoms with Crippen LogP contribution in [0.3, 0.4) is 0 Å². The molecule has 0 saturated heterocycles. The molecule has 30 heavy (non-hydrogen) atoms. The van der Waals surface area contributed by atoms with Gasteiger partial charge in [-0.05, 0) is 55.3 Å². The van der Waals surface area contributed by atoms with Crippen LogP contribution in [0.2, 0.25) is 0 Å². The van der Waals surface area contributed by atoms with Gasteiger partial charge in [-0.15, -0.1) is 11.8 Å². The number of anilines is 2. The number of carbonyl (C=O) groups excluding carboxylic acids is 2. The molecule has 156 valence electrons. The number of benzene rings is 2. The highest BCUT2D eigenvalue weighted by atomic mass is 32.2. The van der Waals surface area contributed by atoms with Crippen molar-refractivity contribution >= 4 is 46.0 Å². The molecule has 0 fully saturated rings. The standard InChI is InChI=1S/C23H26N4O2S/c24-18-10-12-19(13-11-18)30-16-23(29)25-15-5-1-2-8-22(28)27-21-14-9-17-6-3-4-7-20(17)26-21/h3-4,6-7,9-14H,1-2,5,8,15-16,24H2,(H,25,29)(H,26,27,28). The molecular formula is C23H26N4O2S. The van der Waals surface area contributed by atoms with Crippen LogP contribution in [0.5, 0.6) is 0 Å². The summed E-state index contributed by atoms with van der Waals surface area (Å²) >= 11 is 1.48. The second-order valence-electron chi connectivity index (χ2n) is 6.96. The van der Waals surface area contributed by atoms with Crippen molar-refractivity contribution in [2.24, 2.45) is 0 Å². The Morgan fingerprint density at radius 2 is 1.70 bits per heavy atom. The van der Waals surface area contributed by atoms with Gasteiger partial charge in [0.25, 0.3) is 0 Å². The number of aromatic nitrogens is 1. The van der Waals surface area contributed by atoms with E-state index in [0.717, 1.165) is 35.1 Å². The molecule has 0 aliphatic heterocycles. The maximum atomic E-state index is 12.1. The first-order valence-corrected chi connectivity index (χ1v) is 11.0. The maximum Gasteiger partial charge on any atom is 0.230 e. The minimum absolute atomic E-state index is 0.0111. The van der Waals surface area contributed by atoms with Gasteiger partial charge >= 0.3 is 0 Å². The second kappa shape index (κ2) is 11.2. The Balaban J connectivity index is 1.26. The van der Waals surface area contributed by atoms with E-state index in [1.165, 1.54) is 11.8 Å². The molecule has 0 saturated carbocycles. The van der Waals surface area contributed by atoms with E-state index in [9.17, 15) is 9.59 Å². The summed E-state index contributed by atoms with van der Waals surface area (Å²) in [7, 11) is 0. The summed E-state index contributed by atoms with van der Waals surface area (Å²) in [6.07, 6.45) is 2.94. The van der Waals surface area contributed by atoms with Crippen LogP contribution in [0.1, 0.15) is 25.7 Å². The molecular weight excluding hydrogens is 396 g/mol. The van der Waals surface area contributed by atoms with Crippen molar-refractivity contribution in [1.82, 2.24) is 10.3 Å². The molecule has 2 aromatic carbocycles. The summed E-state index contributed by atoms with van der Waals surface area (Å²) < 4.78 is 0. The van der Waals surface area contributed by atoms with E-state index in [1.54, 1.807) is 0 Å². The SMILES string of the molecule is Nc1ccc(SCC(=O)NCCCCCC(=O)Nc2ccc3ccccc3n2)cc1. The lowest BCUT2D eigenvalue weighted by molar-refractivity contribution is -0.118. The third-order valence-corrected chi connectivity index (χ3v) is 5.53. The van der Waals surface area contributed by atoms with Crippen molar-refractivity contribution in [3.05, 3.63) is 60.7 Å². The van der Waals surface area contributed by atoms with Crippen LogP contribution in [-0.4, -0.2) is 29.1 Å². The molecule has 7 heteroatoms. The monoisotopic (exact) mass is 422 g/mol. The minimum Gasteiger partial charge on any atom is -0.399 e. The predicted molar refractivity (Wildman–Crippen MR) is 123 cm³/mol. The van der Waals surface area contributed by atoms with E-state index in [-0.39, 0.29) is 11.8 Å². The van der Waals surface area contributed by atoms with Crippen LogP contribution < -0.4 is 16.4 Å². The number of nitrogens with one attached hydrogen (secondary N) is 2. The lowest BCUT2D eigenvalue weighted by atomic mass is 10.2. The molecule has 2 amide bonds. The number of nitrogens with zero attached hydrogens (tertiary/aromatic N) is 1. The van der Waals surface area contributed by atoms with Crippen LogP contribution in [0.15, 0.2) is 65.6 Å². The quantitative estimate of drug-likeness (QED) is 0.258. The fourth-order valence-electron chi connectivity index (χ4n) is 2.92. The first-order chi connectivity index (χ1) is 14.6. The van der Waals surface area contributed by atoms with Gasteiger partial charge < -0.3 is 16.4 Å². The van der Waals surface area contributed by atoms with E-state index in [0.29, 0.717) is 30.2 Å². The number of nitrogens with two attached hydrogens (primary N) is 1. The van der Waals surface area contributed by atoms with Crippen molar-refractivity contribution in [3.63, 3.8) is 0 Å². The molecule has 1 heterocycles. The van der Waals surface area contributed by atoms with Gasteiger partial charge in [0.1, 0.15) is 5.82 Å². The van der Waals surface area contributed by atoms with Crippen LogP contribution in [0, 0.1) is 0 Å². The van der Waals surface area contributed by atoms with E-state index in [4.69, 9.17) is 5.73 Å². The number of pyridine rings is 1. The number of fused-ring (bicyclic) bond motifs is 1. The average Bonchev–Trinajstić information content (AvgIpc) is 2.75. The van der Waals surface area contributed by atoms with Gasteiger partial charge in [0.05, 0.1) is 11.3 Å². The van der Waals surface area contributed by atoms with Crippen molar-refractivity contribution in [3.8, 4) is 0 Å². The zero-order valence-corrected chi connectivity index (χ0v) is 17.6. The van der Waals surface area contributed by atoms with Gasteiger partial charge in [-0.2, -0.15) is 0 Å². The lowest BCUT2D eigenvalue weighted by Gasteiger charge is -2.07. The summed E-state index contributed by atoms with van der Waals surface area (Å²) in [6, 6.07) is 19.0. The first kappa shape index (κ1) is 21.6. The normalized spacial score (nSPS) is 10.7. The number of nitrogen functional groups attached to an aromatic ring is 1. The fraction of sp³-hybridized carbons (Fsp3) is 0.261. The van der Waals surface area contributed by atoms with Crippen molar-refractivity contribution in [1.29, 1.82) is 0 Å². The number of amides is 2. The Morgan fingerprint density at radius 3 is 2.53 bits per heavy atom. The van der Waals surface area contributed by atoms with Crippen LogP contribution >= 0.6 is 11.8 Å². The topological polar surface area (TPSA) is 97.1 Å². The number of carbonyl (C=O) groups is 2. The number of hydrogen-bond acceptors (Lipinski definition) is 5. The van der Waals surface area contributed by atoms with Gasteiger partial charge in [-0.25, -0.2) is 4.98 Å². The summed E-state index contributed by atoms with van der Waals surface area (Å²) in [5.41, 5.74) is 7.22.